The second-order valence-corrected chi connectivity index (χ2v) is 7.55. The predicted molar refractivity (Wildman–Crippen MR) is 122 cm³/mol. The van der Waals surface area contributed by atoms with Crippen molar-refractivity contribution in [2.24, 2.45) is 0 Å². The molecule has 1 heterocycles. The van der Waals surface area contributed by atoms with E-state index in [1.165, 1.54) is 12.1 Å². The number of rotatable bonds is 6. The molecule has 4 rings (SSSR count). The Hall–Kier alpha value is -3.51. The summed E-state index contributed by atoms with van der Waals surface area (Å²) in [6, 6.07) is 18.8. The number of halogens is 2. The fraction of sp³-hybridized carbons (Fsp3) is 0.125. The minimum absolute atomic E-state index is 0.131. The minimum atomic E-state index is -0.324. The standard InChI is InChI=1S/C24H20ClFN4O/c1-15-2-4-17(5-3-15)24(31)28-13-12-27-23-20-11-8-18(25)14-21(20)29-22(30-23)16-6-9-19(26)10-7-16/h2-11,14H,12-13H2,1H3,(H,28,31)(H,27,29,30). The molecule has 0 fully saturated rings. The van der Waals surface area contributed by atoms with E-state index in [9.17, 15) is 9.18 Å². The number of hydrogen-bond acceptors (Lipinski definition) is 4. The summed E-state index contributed by atoms with van der Waals surface area (Å²) < 4.78 is 13.3. The fourth-order valence-corrected chi connectivity index (χ4v) is 3.30. The van der Waals surface area contributed by atoms with Crippen molar-refractivity contribution in [2.75, 3.05) is 18.4 Å². The molecule has 0 unspecified atom stereocenters. The van der Waals surface area contributed by atoms with Crippen LogP contribution in [-0.4, -0.2) is 29.0 Å². The van der Waals surface area contributed by atoms with E-state index in [-0.39, 0.29) is 11.7 Å². The van der Waals surface area contributed by atoms with E-state index in [0.29, 0.717) is 46.4 Å². The van der Waals surface area contributed by atoms with Gasteiger partial charge in [-0.15, -0.1) is 0 Å². The zero-order valence-electron chi connectivity index (χ0n) is 16.8. The number of carbonyl (C=O) groups is 1. The molecular weight excluding hydrogens is 415 g/mol. The molecular formula is C24H20ClFN4O. The van der Waals surface area contributed by atoms with Crippen molar-refractivity contribution < 1.29 is 9.18 Å². The second-order valence-electron chi connectivity index (χ2n) is 7.11. The Balaban J connectivity index is 1.51. The lowest BCUT2D eigenvalue weighted by molar-refractivity contribution is 0.0955. The number of nitrogens with one attached hydrogen (secondary N) is 2. The number of aryl methyl sites for hydroxylation is 1. The summed E-state index contributed by atoms with van der Waals surface area (Å²) in [5.74, 6) is 0.620. The van der Waals surface area contributed by atoms with Gasteiger partial charge in [-0.25, -0.2) is 14.4 Å². The van der Waals surface area contributed by atoms with Gasteiger partial charge < -0.3 is 10.6 Å². The molecule has 1 amide bonds. The highest BCUT2D eigenvalue weighted by Crippen LogP contribution is 2.27. The van der Waals surface area contributed by atoms with E-state index in [1.807, 2.05) is 25.1 Å². The van der Waals surface area contributed by atoms with Gasteiger partial charge in [-0.3, -0.25) is 4.79 Å². The van der Waals surface area contributed by atoms with Crippen molar-refractivity contribution in [3.8, 4) is 11.4 Å². The molecule has 4 aromatic rings. The maximum Gasteiger partial charge on any atom is 0.251 e. The van der Waals surface area contributed by atoms with Crippen LogP contribution in [0.15, 0.2) is 66.7 Å². The van der Waals surface area contributed by atoms with Gasteiger partial charge in [-0.1, -0.05) is 29.3 Å². The van der Waals surface area contributed by atoms with Crippen molar-refractivity contribution in [2.45, 2.75) is 6.92 Å². The number of benzene rings is 3. The monoisotopic (exact) mass is 434 g/mol. The van der Waals surface area contributed by atoms with Gasteiger partial charge in [0.25, 0.3) is 5.91 Å². The molecule has 2 N–H and O–H groups in total. The number of aromatic nitrogens is 2. The Kier molecular flexibility index (Phi) is 6.09. The zero-order valence-corrected chi connectivity index (χ0v) is 17.6. The third-order valence-electron chi connectivity index (χ3n) is 4.78. The molecule has 3 aromatic carbocycles. The first-order valence-corrected chi connectivity index (χ1v) is 10.2. The Bertz CT molecular complexity index is 1230. The lowest BCUT2D eigenvalue weighted by atomic mass is 10.1. The highest BCUT2D eigenvalue weighted by atomic mass is 35.5. The summed E-state index contributed by atoms with van der Waals surface area (Å²) in [7, 11) is 0. The van der Waals surface area contributed by atoms with Crippen LogP contribution in [0.5, 0.6) is 0 Å². The first-order valence-electron chi connectivity index (χ1n) is 9.81. The summed E-state index contributed by atoms with van der Waals surface area (Å²) >= 11 is 6.14. The number of hydrogen-bond donors (Lipinski definition) is 2. The Morgan fingerprint density at radius 1 is 0.968 bits per heavy atom. The molecule has 31 heavy (non-hydrogen) atoms. The molecule has 0 aliphatic heterocycles. The molecule has 0 radical (unpaired) electrons. The van der Waals surface area contributed by atoms with E-state index in [4.69, 9.17) is 11.6 Å². The normalized spacial score (nSPS) is 10.8. The highest BCUT2D eigenvalue weighted by molar-refractivity contribution is 6.31. The van der Waals surface area contributed by atoms with Crippen molar-refractivity contribution >= 4 is 34.2 Å². The topological polar surface area (TPSA) is 66.9 Å². The number of nitrogens with zero attached hydrogens (tertiary/aromatic N) is 2. The molecule has 0 spiro atoms. The Labute approximate surface area is 184 Å². The van der Waals surface area contributed by atoms with Gasteiger partial charge in [0, 0.05) is 34.6 Å². The molecule has 5 nitrogen and oxygen atoms in total. The molecule has 0 saturated heterocycles. The average molecular weight is 435 g/mol. The largest absolute Gasteiger partial charge is 0.368 e. The summed E-state index contributed by atoms with van der Waals surface area (Å²) in [6.07, 6.45) is 0. The van der Waals surface area contributed by atoms with Crippen molar-refractivity contribution in [3.63, 3.8) is 0 Å². The zero-order chi connectivity index (χ0) is 21.8. The third kappa shape index (κ3) is 4.98. The lowest BCUT2D eigenvalue weighted by Crippen LogP contribution is -2.28. The van der Waals surface area contributed by atoms with Gasteiger partial charge in [-0.2, -0.15) is 0 Å². The van der Waals surface area contributed by atoms with Crippen LogP contribution < -0.4 is 10.6 Å². The second kappa shape index (κ2) is 9.10. The minimum Gasteiger partial charge on any atom is -0.368 e. The van der Waals surface area contributed by atoms with Crippen LogP contribution in [0.25, 0.3) is 22.3 Å². The Morgan fingerprint density at radius 3 is 2.45 bits per heavy atom. The van der Waals surface area contributed by atoms with Gasteiger partial charge in [0.2, 0.25) is 0 Å². The van der Waals surface area contributed by atoms with Gasteiger partial charge in [0.05, 0.1) is 5.52 Å². The molecule has 156 valence electrons. The van der Waals surface area contributed by atoms with Gasteiger partial charge in [0.1, 0.15) is 11.6 Å². The summed E-state index contributed by atoms with van der Waals surface area (Å²) in [6.45, 7) is 2.86. The van der Waals surface area contributed by atoms with E-state index in [1.54, 1.807) is 36.4 Å². The van der Waals surface area contributed by atoms with Crippen LogP contribution in [0.3, 0.4) is 0 Å². The maximum absolute atomic E-state index is 13.3. The van der Waals surface area contributed by atoms with Gasteiger partial charge in [-0.05, 0) is 61.5 Å². The van der Waals surface area contributed by atoms with E-state index >= 15 is 0 Å². The fourth-order valence-electron chi connectivity index (χ4n) is 3.13. The van der Waals surface area contributed by atoms with Crippen LogP contribution in [0, 0.1) is 12.7 Å². The summed E-state index contributed by atoms with van der Waals surface area (Å²) in [5.41, 5.74) is 3.09. The summed E-state index contributed by atoms with van der Waals surface area (Å²) in [4.78, 5) is 21.5. The van der Waals surface area contributed by atoms with Crippen molar-refractivity contribution in [1.82, 2.24) is 15.3 Å². The van der Waals surface area contributed by atoms with Crippen LogP contribution in [0.1, 0.15) is 15.9 Å². The van der Waals surface area contributed by atoms with Crippen LogP contribution in [0.2, 0.25) is 5.02 Å². The highest BCUT2D eigenvalue weighted by Gasteiger charge is 2.11. The van der Waals surface area contributed by atoms with E-state index < -0.39 is 0 Å². The molecule has 7 heteroatoms. The summed E-state index contributed by atoms with van der Waals surface area (Å²) in [5, 5.41) is 7.52. The van der Waals surface area contributed by atoms with Gasteiger partial charge in [0.15, 0.2) is 5.82 Å². The quantitative estimate of drug-likeness (QED) is 0.407. The van der Waals surface area contributed by atoms with Crippen LogP contribution in [-0.2, 0) is 0 Å². The van der Waals surface area contributed by atoms with Crippen molar-refractivity contribution in [1.29, 1.82) is 0 Å². The smallest absolute Gasteiger partial charge is 0.251 e. The third-order valence-corrected chi connectivity index (χ3v) is 5.01. The number of anilines is 1. The molecule has 0 atom stereocenters. The first kappa shape index (κ1) is 20.8. The van der Waals surface area contributed by atoms with E-state index in [2.05, 4.69) is 20.6 Å². The number of amides is 1. The molecule has 0 aliphatic carbocycles. The maximum atomic E-state index is 13.3. The number of carbonyl (C=O) groups excluding carboxylic acids is 1. The molecule has 0 bridgehead atoms. The Morgan fingerprint density at radius 2 is 1.71 bits per heavy atom. The molecule has 1 aromatic heterocycles. The lowest BCUT2D eigenvalue weighted by Gasteiger charge is -2.12. The molecule has 0 aliphatic rings. The predicted octanol–water partition coefficient (Wildman–Crippen LogP) is 5.24. The van der Waals surface area contributed by atoms with E-state index in [0.717, 1.165) is 10.9 Å². The van der Waals surface area contributed by atoms with Crippen LogP contribution in [0.4, 0.5) is 10.2 Å². The molecule has 0 saturated carbocycles. The van der Waals surface area contributed by atoms with Gasteiger partial charge >= 0.3 is 0 Å². The SMILES string of the molecule is Cc1ccc(C(=O)NCCNc2nc(-c3ccc(F)cc3)nc3cc(Cl)ccc23)cc1. The van der Waals surface area contributed by atoms with Crippen LogP contribution >= 0.6 is 11.6 Å². The van der Waals surface area contributed by atoms with Crippen molar-refractivity contribution in [3.05, 3.63) is 88.7 Å². The first-order chi connectivity index (χ1) is 15.0. The average Bonchev–Trinajstić information content (AvgIpc) is 2.77. The number of fused-ring (bicyclic) bond motifs is 1.